The molecule has 2 aliphatic heterocycles. The van der Waals surface area contributed by atoms with Gasteiger partial charge in [-0.2, -0.15) is 0 Å². The number of aliphatic hydroxyl groups is 1. The van der Waals surface area contributed by atoms with Crippen molar-refractivity contribution in [3.63, 3.8) is 0 Å². The van der Waals surface area contributed by atoms with Gasteiger partial charge in [-0.3, -0.25) is 0 Å². The van der Waals surface area contributed by atoms with E-state index < -0.39 is 5.60 Å². The molecule has 2 aromatic rings. The number of hydrogen-bond donors (Lipinski definition) is 1. The van der Waals surface area contributed by atoms with Crippen LogP contribution in [0, 0.1) is 5.92 Å². The van der Waals surface area contributed by atoms with E-state index in [9.17, 15) is 5.11 Å². The topological polar surface area (TPSA) is 30.0 Å². The molecular formula is C28H39N3O. The summed E-state index contributed by atoms with van der Waals surface area (Å²) in [7, 11) is 2.22. The van der Waals surface area contributed by atoms with E-state index in [1.807, 2.05) is 0 Å². The Morgan fingerprint density at radius 3 is 2.31 bits per heavy atom. The van der Waals surface area contributed by atoms with Gasteiger partial charge in [0.1, 0.15) is 0 Å². The van der Waals surface area contributed by atoms with Crippen molar-refractivity contribution in [2.75, 3.05) is 56.1 Å². The number of rotatable bonds is 5. The molecule has 2 heterocycles. The van der Waals surface area contributed by atoms with Crippen LogP contribution in [0.2, 0.25) is 0 Å². The fourth-order valence-corrected chi connectivity index (χ4v) is 5.99. The fourth-order valence-electron chi connectivity index (χ4n) is 5.99. The highest BCUT2D eigenvalue weighted by Crippen LogP contribution is 2.38. The second-order valence-electron chi connectivity index (χ2n) is 10.4. The van der Waals surface area contributed by atoms with E-state index in [1.165, 1.54) is 29.8 Å². The molecule has 3 fully saturated rings. The standard InChI is InChI=1S/C28H39N3O/c1-29-17-19-30(20-18-29)27-8-4-3-7-24(27)21-23-13-16-31(22-23)26-11-9-25(10-12-26)28(32)14-5-2-6-15-28/h3-4,7-12,23,32H,2,5-6,13-22H2,1H3/t23-/m1/s1. The largest absolute Gasteiger partial charge is 0.385 e. The van der Waals surface area contributed by atoms with Crippen molar-refractivity contribution < 1.29 is 5.11 Å². The van der Waals surface area contributed by atoms with E-state index in [0.29, 0.717) is 5.92 Å². The molecule has 2 aromatic carbocycles. The lowest BCUT2D eigenvalue weighted by molar-refractivity contribution is -0.000614. The lowest BCUT2D eigenvalue weighted by atomic mass is 9.80. The van der Waals surface area contributed by atoms with Gasteiger partial charge in [0.2, 0.25) is 0 Å². The number of likely N-dealkylation sites (N-methyl/N-ethyl adjacent to an activating group) is 1. The molecule has 3 aliphatic rings. The number of benzene rings is 2. The molecule has 0 unspecified atom stereocenters. The highest BCUT2D eigenvalue weighted by Gasteiger charge is 2.31. The number of piperazine rings is 1. The summed E-state index contributed by atoms with van der Waals surface area (Å²) in [5.74, 6) is 0.700. The van der Waals surface area contributed by atoms with Crippen LogP contribution in [0.3, 0.4) is 0 Å². The summed E-state index contributed by atoms with van der Waals surface area (Å²) in [5, 5.41) is 11.0. The first-order valence-electron chi connectivity index (χ1n) is 12.7. The molecule has 32 heavy (non-hydrogen) atoms. The van der Waals surface area contributed by atoms with Gasteiger partial charge in [0, 0.05) is 50.6 Å². The lowest BCUT2D eigenvalue weighted by Gasteiger charge is -2.35. The predicted octanol–water partition coefficient (Wildman–Crippen LogP) is 4.66. The van der Waals surface area contributed by atoms with Gasteiger partial charge in [-0.25, -0.2) is 0 Å². The van der Waals surface area contributed by atoms with Crippen LogP contribution in [0.25, 0.3) is 0 Å². The Hall–Kier alpha value is -2.04. The maximum atomic E-state index is 11.0. The van der Waals surface area contributed by atoms with Gasteiger partial charge in [-0.1, -0.05) is 49.6 Å². The Morgan fingerprint density at radius 2 is 1.56 bits per heavy atom. The van der Waals surface area contributed by atoms with Gasteiger partial charge in [0.25, 0.3) is 0 Å². The second-order valence-corrected chi connectivity index (χ2v) is 10.4. The van der Waals surface area contributed by atoms with E-state index in [0.717, 1.165) is 76.9 Å². The van der Waals surface area contributed by atoms with Crippen molar-refractivity contribution in [2.45, 2.75) is 50.5 Å². The summed E-state index contributed by atoms with van der Waals surface area (Å²) in [6.07, 6.45) is 7.77. The van der Waals surface area contributed by atoms with Crippen LogP contribution in [0.15, 0.2) is 48.5 Å². The highest BCUT2D eigenvalue weighted by atomic mass is 16.3. The molecule has 0 bridgehead atoms. The molecule has 0 amide bonds. The predicted molar refractivity (Wildman–Crippen MR) is 134 cm³/mol. The van der Waals surface area contributed by atoms with Crippen LogP contribution in [-0.4, -0.2) is 56.3 Å². The van der Waals surface area contributed by atoms with Crippen molar-refractivity contribution in [1.29, 1.82) is 0 Å². The zero-order valence-corrected chi connectivity index (χ0v) is 19.7. The van der Waals surface area contributed by atoms with Crippen LogP contribution >= 0.6 is 0 Å². The molecule has 2 saturated heterocycles. The third kappa shape index (κ3) is 4.67. The summed E-state index contributed by atoms with van der Waals surface area (Å²) in [6.45, 7) is 6.81. The highest BCUT2D eigenvalue weighted by molar-refractivity contribution is 5.55. The monoisotopic (exact) mass is 433 g/mol. The van der Waals surface area contributed by atoms with Crippen molar-refractivity contribution in [2.24, 2.45) is 5.92 Å². The van der Waals surface area contributed by atoms with Gasteiger partial charge in [-0.05, 0) is 68.0 Å². The average Bonchev–Trinajstić information content (AvgIpc) is 3.29. The second kappa shape index (κ2) is 9.44. The first-order chi connectivity index (χ1) is 15.6. The van der Waals surface area contributed by atoms with Crippen LogP contribution < -0.4 is 9.80 Å². The molecule has 0 radical (unpaired) electrons. The Bertz CT molecular complexity index is 882. The van der Waals surface area contributed by atoms with E-state index in [2.05, 4.69) is 70.3 Å². The molecule has 4 nitrogen and oxygen atoms in total. The Balaban J connectivity index is 1.22. The van der Waals surface area contributed by atoms with Crippen LogP contribution in [0.1, 0.15) is 49.7 Å². The zero-order valence-electron chi connectivity index (χ0n) is 19.7. The third-order valence-corrected chi connectivity index (χ3v) is 8.08. The van der Waals surface area contributed by atoms with Crippen molar-refractivity contribution in [1.82, 2.24) is 4.90 Å². The minimum absolute atomic E-state index is 0.600. The zero-order chi connectivity index (χ0) is 22.0. The average molecular weight is 434 g/mol. The first-order valence-corrected chi connectivity index (χ1v) is 12.7. The minimum Gasteiger partial charge on any atom is -0.385 e. The molecular weight excluding hydrogens is 394 g/mol. The minimum atomic E-state index is -0.600. The summed E-state index contributed by atoms with van der Waals surface area (Å²) < 4.78 is 0. The normalized spacial score (nSPS) is 24.1. The number of anilines is 2. The van der Waals surface area contributed by atoms with Gasteiger partial charge in [0.05, 0.1) is 5.60 Å². The number of hydrogen-bond acceptors (Lipinski definition) is 4. The molecule has 1 N–H and O–H groups in total. The summed E-state index contributed by atoms with van der Waals surface area (Å²) in [6, 6.07) is 17.9. The quantitative estimate of drug-likeness (QED) is 0.743. The summed E-state index contributed by atoms with van der Waals surface area (Å²) >= 11 is 0. The van der Waals surface area contributed by atoms with Crippen molar-refractivity contribution in [3.8, 4) is 0 Å². The molecule has 0 aromatic heterocycles. The molecule has 1 saturated carbocycles. The van der Waals surface area contributed by atoms with Crippen LogP contribution in [0.4, 0.5) is 11.4 Å². The molecule has 1 atom stereocenters. The molecule has 4 heteroatoms. The van der Waals surface area contributed by atoms with Crippen LogP contribution in [0.5, 0.6) is 0 Å². The Morgan fingerprint density at radius 1 is 0.844 bits per heavy atom. The molecule has 1 aliphatic carbocycles. The van der Waals surface area contributed by atoms with Crippen LogP contribution in [-0.2, 0) is 12.0 Å². The Kier molecular flexibility index (Phi) is 6.43. The van der Waals surface area contributed by atoms with E-state index in [4.69, 9.17) is 0 Å². The van der Waals surface area contributed by atoms with Gasteiger partial charge >= 0.3 is 0 Å². The van der Waals surface area contributed by atoms with Gasteiger partial charge in [-0.15, -0.1) is 0 Å². The summed E-state index contributed by atoms with van der Waals surface area (Å²) in [4.78, 5) is 7.54. The van der Waals surface area contributed by atoms with E-state index in [-0.39, 0.29) is 0 Å². The van der Waals surface area contributed by atoms with Gasteiger partial charge < -0.3 is 19.8 Å². The van der Waals surface area contributed by atoms with Crippen molar-refractivity contribution in [3.05, 3.63) is 59.7 Å². The fraction of sp³-hybridized carbons (Fsp3) is 0.571. The van der Waals surface area contributed by atoms with Gasteiger partial charge in [0.15, 0.2) is 0 Å². The Labute approximate surface area is 193 Å². The molecule has 0 spiro atoms. The van der Waals surface area contributed by atoms with E-state index >= 15 is 0 Å². The molecule has 5 rings (SSSR count). The molecule has 172 valence electrons. The third-order valence-electron chi connectivity index (χ3n) is 8.08. The number of nitrogens with zero attached hydrogens (tertiary/aromatic N) is 3. The summed E-state index contributed by atoms with van der Waals surface area (Å²) in [5.41, 5.74) is 4.78. The maximum Gasteiger partial charge on any atom is 0.0896 e. The lowest BCUT2D eigenvalue weighted by Crippen LogP contribution is -2.44. The SMILES string of the molecule is CN1CCN(c2ccccc2C[C@H]2CCN(c3ccc(C4(O)CCCCC4)cc3)C2)CC1. The smallest absolute Gasteiger partial charge is 0.0896 e. The van der Waals surface area contributed by atoms with E-state index in [1.54, 1.807) is 0 Å². The number of para-hydroxylation sites is 1. The van der Waals surface area contributed by atoms with Crippen molar-refractivity contribution >= 4 is 11.4 Å². The first kappa shape index (κ1) is 21.8. The maximum absolute atomic E-state index is 11.0.